The monoisotopic (exact) mass is 376 g/mol. The highest BCUT2D eigenvalue weighted by Crippen LogP contribution is 2.27. The molecule has 1 fully saturated rings. The van der Waals surface area contributed by atoms with Crippen molar-refractivity contribution in [3.05, 3.63) is 63.6 Å². The lowest BCUT2D eigenvalue weighted by Crippen LogP contribution is -2.50. The second kappa shape index (κ2) is 8.11. The molecule has 1 aliphatic heterocycles. The van der Waals surface area contributed by atoms with Crippen LogP contribution in [0.2, 0.25) is 10.0 Å². The van der Waals surface area contributed by atoms with Gasteiger partial charge in [-0.05, 0) is 43.5 Å². The normalized spacial score (nSPS) is 14.9. The minimum Gasteiger partial charge on any atom is -0.360 e. The van der Waals surface area contributed by atoms with E-state index in [1.54, 1.807) is 6.07 Å². The van der Waals surface area contributed by atoms with Crippen LogP contribution in [0.25, 0.3) is 0 Å². The fourth-order valence-corrected chi connectivity index (χ4v) is 3.37. The fraction of sp³-hybridized carbons (Fsp3) is 0.350. The molecule has 0 aliphatic carbocycles. The lowest BCUT2D eigenvalue weighted by Gasteiger charge is -2.35. The molecule has 3 nitrogen and oxygen atoms in total. The van der Waals surface area contributed by atoms with E-state index in [1.807, 2.05) is 17.0 Å². The van der Waals surface area contributed by atoms with Crippen LogP contribution < -0.4 is 4.90 Å². The minimum atomic E-state index is 0.168. The molecule has 0 radical (unpaired) electrons. The molecular formula is C20H22Cl2N2O. The Balaban J connectivity index is 1.50. The Bertz CT molecular complexity index is 746. The van der Waals surface area contributed by atoms with Gasteiger partial charge in [0.2, 0.25) is 5.91 Å². The summed E-state index contributed by atoms with van der Waals surface area (Å²) >= 11 is 12.0. The standard InChI is InChI=1S/C20H22Cl2N2O/c1-15-4-6-16(7-5-15)3-2-10-23-11-12-24(14-20(23)25)17-8-9-18(21)19(22)13-17/h4-9,13H,2-3,10-12,14H2,1H3. The van der Waals surface area contributed by atoms with Crippen molar-refractivity contribution in [3.8, 4) is 0 Å². The zero-order valence-corrected chi connectivity index (χ0v) is 15.9. The van der Waals surface area contributed by atoms with Crippen molar-refractivity contribution in [2.24, 2.45) is 0 Å². The van der Waals surface area contributed by atoms with E-state index in [4.69, 9.17) is 23.2 Å². The highest BCUT2D eigenvalue weighted by molar-refractivity contribution is 6.42. The third kappa shape index (κ3) is 4.68. The number of hydrogen-bond donors (Lipinski definition) is 0. The molecule has 132 valence electrons. The largest absolute Gasteiger partial charge is 0.360 e. The zero-order valence-electron chi connectivity index (χ0n) is 14.3. The first-order chi connectivity index (χ1) is 12.0. The third-order valence-corrected chi connectivity index (χ3v) is 5.34. The number of piperazine rings is 1. The van der Waals surface area contributed by atoms with Crippen LogP contribution in [0, 0.1) is 6.92 Å². The smallest absolute Gasteiger partial charge is 0.242 e. The average Bonchev–Trinajstić information content (AvgIpc) is 2.60. The molecule has 1 amide bonds. The maximum atomic E-state index is 12.4. The summed E-state index contributed by atoms with van der Waals surface area (Å²) < 4.78 is 0. The topological polar surface area (TPSA) is 23.6 Å². The Hall–Kier alpha value is -1.71. The summed E-state index contributed by atoms with van der Waals surface area (Å²) in [5.74, 6) is 0.168. The van der Waals surface area contributed by atoms with E-state index in [2.05, 4.69) is 36.1 Å². The van der Waals surface area contributed by atoms with Gasteiger partial charge in [0.05, 0.1) is 16.6 Å². The van der Waals surface area contributed by atoms with Gasteiger partial charge < -0.3 is 9.80 Å². The highest BCUT2D eigenvalue weighted by Gasteiger charge is 2.24. The van der Waals surface area contributed by atoms with Gasteiger partial charge in [0, 0.05) is 25.3 Å². The van der Waals surface area contributed by atoms with Crippen LogP contribution >= 0.6 is 23.2 Å². The molecule has 1 saturated heterocycles. The summed E-state index contributed by atoms with van der Waals surface area (Å²) in [7, 11) is 0. The van der Waals surface area contributed by atoms with Crippen molar-refractivity contribution in [2.75, 3.05) is 31.1 Å². The van der Waals surface area contributed by atoms with Crippen molar-refractivity contribution < 1.29 is 4.79 Å². The first-order valence-electron chi connectivity index (χ1n) is 8.56. The Morgan fingerprint density at radius 3 is 2.44 bits per heavy atom. The second-order valence-corrected chi connectivity index (χ2v) is 7.30. The summed E-state index contributed by atoms with van der Waals surface area (Å²) in [6, 6.07) is 14.1. The predicted octanol–water partition coefficient (Wildman–Crippen LogP) is 4.58. The van der Waals surface area contributed by atoms with E-state index in [-0.39, 0.29) is 5.91 Å². The summed E-state index contributed by atoms with van der Waals surface area (Å²) in [6.45, 7) is 4.85. The first kappa shape index (κ1) is 18.1. The summed E-state index contributed by atoms with van der Waals surface area (Å²) in [6.07, 6.45) is 1.99. The number of halogens is 2. The molecule has 0 saturated carbocycles. The van der Waals surface area contributed by atoms with E-state index in [0.29, 0.717) is 16.6 Å². The lowest BCUT2D eigenvalue weighted by atomic mass is 10.1. The fourth-order valence-electron chi connectivity index (χ4n) is 3.08. The van der Waals surface area contributed by atoms with E-state index in [9.17, 15) is 4.79 Å². The number of nitrogens with zero attached hydrogens (tertiary/aromatic N) is 2. The molecule has 0 N–H and O–H groups in total. The Kier molecular flexibility index (Phi) is 5.87. The molecule has 2 aromatic carbocycles. The molecule has 1 heterocycles. The molecule has 0 atom stereocenters. The van der Waals surface area contributed by atoms with Gasteiger partial charge in [-0.2, -0.15) is 0 Å². The number of aryl methyl sites for hydroxylation is 2. The van der Waals surface area contributed by atoms with Crippen molar-refractivity contribution in [1.82, 2.24) is 4.90 Å². The Labute approximate surface area is 159 Å². The average molecular weight is 377 g/mol. The van der Waals surface area contributed by atoms with Crippen LogP contribution in [0.1, 0.15) is 17.5 Å². The molecule has 25 heavy (non-hydrogen) atoms. The number of benzene rings is 2. The van der Waals surface area contributed by atoms with Crippen LogP contribution in [0.3, 0.4) is 0 Å². The number of carbonyl (C=O) groups is 1. The molecule has 0 spiro atoms. The van der Waals surface area contributed by atoms with Crippen molar-refractivity contribution in [2.45, 2.75) is 19.8 Å². The molecule has 5 heteroatoms. The maximum Gasteiger partial charge on any atom is 0.242 e. The van der Waals surface area contributed by atoms with Crippen LogP contribution in [0.15, 0.2) is 42.5 Å². The summed E-state index contributed by atoms with van der Waals surface area (Å²) in [5.41, 5.74) is 3.55. The molecule has 3 rings (SSSR count). The zero-order chi connectivity index (χ0) is 17.8. The molecule has 1 aliphatic rings. The van der Waals surface area contributed by atoms with Gasteiger partial charge in [-0.15, -0.1) is 0 Å². The molecule has 2 aromatic rings. The van der Waals surface area contributed by atoms with Crippen LogP contribution in [0.5, 0.6) is 0 Å². The van der Waals surface area contributed by atoms with E-state index in [1.165, 1.54) is 11.1 Å². The maximum absolute atomic E-state index is 12.4. The second-order valence-electron chi connectivity index (χ2n) is 6.49. The molecule has 0 bridgehead atoms. The predicted molar refractivity (Wildman–Crippen MR) is 105 cm³/mol. The number of hydrogen-bond acceptors (Lipinski definition) is 2. The first-order valence-corrected chi connectivity index (χ1v) is 9.32. The van der Waals surface area contributed by atoms with E-state index >= 15 is 0 Å². The van der Waals surface area contributed by atoms with Crippen LogP contribution in [-0.2, 0) is 11.2 Å². The molecular weight excluding hydrogens is 355 g/mol. The van der Waals surface area contributed by atoms with Gasteiger partial charge in [-0.3, -0.25) is 4.79 Å². The van der Waals surface area contributed by atoms with E-state index < -0.39 is 0 Å². The highest BCUT2D eigenvalue weighted by atomic mass is 35.5. The van der Waals surface area contributed by atoms with Crippen molar-refractivity contribution >= 4 is 34.8 Å². The number of anilines is 1. The number of amides is 1. The van der Waals surface area contributed by atoms with Gasteiger partial charge in [0.25, 0.3) is 0 Å². The van der Waals surface area contributed by atoms with Gasteiger partial charge in [-0.25, -0.2) is 0 Å². The van der Waals surface area contributed by atoms with E-state index in [0.717, 1.165) is 38.2 Å². The molecule has 0 aromatic heterocycles. The van der Waals surface area contributed by atoms with Gasteiger partial charge >= 0.3 is 0 Å². The minimum absolute atomic E-state index is 0.168. The number of rotatable bonds is 5. The SMILES string of the molecule is Cc1ccc(CCCN2CCN(c3ccc(Cl)c(Cl)c3)CC2=O)cc1. The van der Waals surface area contributed by atoms with Crippen LogP contribution in [0.4, 0.5) is 5.69 Å². The third-order valence-electron chi connectivity index (χ3n) is 4.60. The summed E-state index contributed by atoms with van der Waals surface area (Å²) in [4.78, 5) is 16.5. The Morgan fingerprint density at radius 1 is 1.00 bits per heavy atom. The van der Waals surface area contributed by atoms with Gasteiger partial charge in [0.15, 0.2) is 0 Å². The number of carbonyl (C=O) groups excluding carboxylic acids is 1. The van der Waals surface area contributed by atoms with Gasteiger partial charge in [0.1, 0.15) is 0 Å². The lowest BCUT2D eigenvalue weighted by molar-refractivity contribution is -0.131. The van der Waals surface area contributed by atoms with Gasteiger partial charge in [-0.1, -0.05) is 53.0 Å². The van der Waals surface area contributed by atoms with Crippen molar-refractivity contribution in [1.29, 1.82) is 0 Å². The Morgan fingerprint density at radius 2 is 1.76 bits per heavy atom. The van der Waals surface area contributed by atoms with Crippen LogP contribution in [-0.4, -0.2) is 37.0 Å². The summed E-state index contributed by atoms with van der Waals surface area (Å²) in [5, 5.41) is 1.05. The molecule has 0 unspecified atom stereocenters. The quantitative estimate of drug-likeness (QED) is 0.761. The van der Waals surface area contributed by atoms with Crippen molar-refractivity contribution in [3.63, 3.8) is 0 Å².